The van der Waals surface area contributed by atoms with Crippen LogP contribution in [0.25, 0.3) is 0 Å². The fraction of sp³-hybridized carbons (Fsp3) is 0.938. The maximum Gasteiger partial charge on any atom is 0.305 e. The van der Waals surface area contributed by atoms with Gasteiger partial charge in [-0.15, -0.1) is 0 Å². The molecule has 0 saturated carbocycles. The van der Waals surface area contributed by atoms with Crippen LogP contribution in [-0.2, 0) is 9.53 Å². The minimum Gasteiger partial charge on any atom is -0.466 e. The van der Waals surface area contributed by atoms with E-state index in [9.17, 15) is 4.79 Å². The predicted molar refractivity (Wildman–Crippen MR) is 227 cm³/mol. The highest BCUT2D eigenvalue weighted by atomic mass is 16.5. The molecule has 0 rings (SSSR count). The van der Waals surface area contributed by atoms with Crippen molar-refractivity contribution in [3.8, 4) is 0 Å². The summed E-state index contributed by atoms with van der Waals surface area (Å²) in [4.78, 5) is 11.9. The third-order valence-electron chi connectivity index (χ3n) is 10.4. The first kappa shape index (κ1) is 51.3. The van der Waals surface area contributed by atoms with Crippen LogP contribution >= 0.6 is 0 Å². The van der Waals surface area contributed by atoms with Crippen molar-refractivity contribution in [2.45, 2.75) is 285 Å². The van der Waals surface area contributed by atoms with Crippen molar-refractivity contribution in [1.29, 1.82) is 0 Å². The minimum atomic E-state index is 0.0189. The molecule has 50 heavy (non-hydrogen) atoms. The standard InChI is InChI=1S/C40H78O2.C8H18/c1-3-5-7-9-11-13-15-17-19-20-21-22-23-25-27-29-31-33-35-37-39-42-40(41)38-36-34-32-30-28-26-24-18-16-14-12-10-8-6-4-2;1-3-5-7-8-6-4-2/h18,24H,3-17,19-23,25-39H2,1-2H3;3-8H2,1-2H3/b24-18-;. The summed E-state index contributed by atoms with van der Waals surface area (Å²) in [5.74, 6) is 0.0189. The summed E-state index contributed by atoms with van der Waals surface area (Å²) < 4.78 is 5.45. The summed E-state index contributed by atoms with van der Waals surface area (Å²) in [6.45, 7) is 9.72. The molecule has 300 valence electrons. The van der Waals surface area contributed by atoms with Gasteiger partial charge in [0.1, 0.15) is 0 Å². The second kappa shape index (κ2) is 50.3. The van der Waals surface area contributed by atoms with Gasteiger partial charge in [0, 0.05) is 6.42 Å². The largest absolute Gasteiger partial charge is 0.466 e. The second-order valence-corrected chi connectivity index (χ2v) is 15.7. The van der Waals surface area contributed by atoms with Crippen LogP contribution in [0.1, 0.15) is 285 Å². The first-order chi connectivity index (χ1) is 24.7. The van der Waals surface area contributed by atoms with Crippen molar-refractivity contribution in [1.82, 2.24) is 0 Å². The smallest absolute Gasteiger partial charge is 0.305 e. The van der Waals surface area contributed by atoms with Crippen LogP contribution in [0.4, 0.5) is 0 Å². The molecule has 0 aromatic heterocycles. The van der Waals surface area contributed by atoms with Crippen molar-refractivity contribution in [2.75, 3.05) is 6.61 Å². The molecule has 0 fully saturated rings. The van der Waals surface area contributed by atoms with Gasteiger partial charge >= 0.3 is 5.97 Å². The number of ether oxygens (including phenoxy) is 1. The Labute approximate surface area is 317 Å². The van der Waals surface area contributed by atoms with Crippen LogP contribution in [0.2, 0.25) is 0 Å². The van der Waals surface area contributed by atoms with E-state index in [1.54, 1.807) is 0 Å². The quantitative estimate of drug-likeness (QED) is 0.0360. The molecule has 0 aliphatic carbocycles. The maximum atomic E-state index is 11.9. The first-order valence-electron chi connectivity index (χ1n) is 23.5. The van der Waals surface area contributed by atoms with Crippen molar-refractivity contribution >= 4 is 5.97 Å². The van der Waals surface area contributed by atoms with Crippen LogP contribution in [-0.4, -0.2) is 12.6 Å². The van der Waals surface area contributed by atoms with E-state index in [1.165, 1.54) is 231 Å². The van der Waals surface area contributed by atoms with Crippen LogP contribution in [0.15, 0.2) is 12.2 Å². The third kappa shape index (κ3) is 51.6. The maximum absolute atomic E-state index is 11.9. The zero-order chi connectivity index (χ0) is 36.7. The Bertz CT molecular complexity index is 605. The zero-order valence-corrected chi connectivity index (χ0v) is 35.5. The number of hydrogen-bond donors (Lipinski definition) is 0. The Morgan fingerprint density at radius 1 is 0.320 bits per heavy atom. The number of carbonyl (C=O) groups is 1. The van der Waals surface area contributed by atoms with E-state index in [0.717, 1.165) is 19.3 Å². The normalized spacial score (nSPS) is 11.3. The Morgan fingerprint density at radius 3 is 0.860 bits per heavy atom. The molecule has 0 radical (unpaired) electrons. The molecule has 0 heterocycles. The summed E-state index contributed by atoms with van der Waals surface area (Å²) in [5.41, 5.74) is 0. The zero-order valence-electron chi connectivity index (χ0n) is 35.5. The summed E-state index contributed by atoms with van der Waals surface area (Å²) in [6, 6.07) is 0. The fourth-order valence-corrected chi connectivity index (χ4v) is 6.81. The number of unbranched alkanes of at least 4 members (excludes halogenated alkanes) is 35. The SMILES string of the molecule is CCCCCCCC.CCCCCCCC/C=C\CCCCCCCC(=O)OCCCCCCCCCCCCCCCCCCCCCC. The number of allylic oxidation sites excluding steroid dienone is 2. The van der Waals surface area contributed by atoms with Gasteiger partial charge in [-0.2, -0.15) is 0 Å². The van der Waals surface area contributed by atoms with Crippen LogP contribution < -0.4 is 0 Å². The van der Waals surface area contributed by atoms with Crippen LogP contribution in [0, 0.1) is 0 Å². The van der Waals surface area contributed by atoms with Gasteiger partial charge in [-0.25, -0.2) is 0 Å². The molecule has 0 aliphatic heterocycles. The predicted octanol–water partition coefficient (Wildman–Crippen LogP) is 17.8. The van der Waals surface area contributed by atoms with E-state index < -0.39 is 0 Å². The molecule has 0 amide bonds. The van der Waals surface area contributed by atoms with Crippen LogP contribution in [0.3, 0.4) is 0 Å². The van der Waals surface area contributed by atoms with E-state index in [4.69, 9.17) is 4.74 Å². The highest BCUT2D eigenvalue weighted by Gasteiger charge is 2.02. The van der Waals surface area contributed by atoms with Crippen molar-refractivity contribution in [3.05, 3.63) is 12.2 Å². The average molecular weight is 705 g/mol. The lowest BCUT2D eigenvalue weighted by atomic mass is 10.0. The highest BCUT2D eigenvalue weighted by Crippen LogP contribution is 2.15. The highest BCUT2D eigenvalue weighted by molar-refractivity contribution is 5.69. The number of esters is 1. The topological polar surface area (TPSA) is 26.3 Å². The van der Waals surface area contributed by atoms with E-state index in [1.807, 2.05) is 0 Å². The molecular weight excluding hydrogens is 609 g/mol. The third-order valence-corrected chi connectivity index (χ3v) is 10.4. The number of rotatable bonds is 41. The summed E-state index contributed by atoms with van der Waals surface area (Å²) >= 11 is 0. The van der Waals surface area contributed by atoms with E-state index in [2.05, 4.69) is 39.8 Å². The van der Waals surface area contributed by atoms with Crippen LogP contribution in [0.5, 0.6) is 0 Å². The van der Waals surface area contributed by atoms with E-state index in [-0.39, 0.29) is 5.97 Å². The molecule has 0 saturated heterocycles. The monoisotopic (exact) mass is 705 g/mol. The van der Waals surface area contributed by atoms with Crippen molar-refractivity contribution in [2.24, 2.45) is 0 Å². The molecule has 0 aliphatic rings. The van der Waals surface area contributed by atoms with Crippen molar-refractivity contribution < 1.29 is 9.53 Å². The van der Waals surface area contributed by atoms with Gasteiger partial charge in [-0.1, -0.05) is 252 Å². The molecule has 0 aromatic carbocycles. The first-order valence-corrected chi connectivity index (χ1v) is 23.5. The lowest BCUT2D eigenvalue weighted by molar-refractivity contribution is -0.143. The number of hydrogen-bond acceptors (Lipinski definition) is 2. The van der Waals surface area contributed by atoms with E-state index in [0.29, 0.717) is 13.0 Å². The second-order valence-electron chi connectivity index (χ2n) is 15.7. The van der Waals surface area contributed by atoms with Gasteiger partial charge in [0.15, 0.2) is 0 Å². The molecule has 0 bridgehead atoms. The molecule has 0 N–H and O–H groups in total. The molecular formula is C48H96O2. The lowest BCUT2D eigenvalue weighted by Gasteiger charge is -2.06. The summed E-state index contributed by atoms with van der Waals surface area (Å²) in [5, 5.41) is 0. The summed E-state index contributed by atoms with van der Waals surface area (Å²) in [7, 11) is 0. The van der Waals surface area contributed by atoms with E-state index >= 15 is 0 Å². The molecule has 2 heteroatoms. The van der Waals surface area contributed by atoms with Gasteiger partial charge in [0.25, 0.3) is 0 Å². The van der Waals surface area contributed by atoms with Gasteiger partial charge < -0.3 is 4.74 Å². The van der Waals surface area contributed by atoms with Gasteiger partial charge in [0.2, 0.25) is 0 Å². The Kier molecular flexibility index (Phi) is 51.6. The fourth-order valence-electron chi connectivity index (χ4n) is 6.81. The Balaban J connectivity index is 0. The van der Waals surface area contributed by atoms with Gasteiger partial charge in [-0.3, -0.25) is 4.79 Å². The molecule has 0 atom stereocenters. The molecule has 0 aromatic rings. The van der Waals surface area contributed by atoms with Gasteiger partial charge in [0.05, 0.1) is 6.61 Å². The van der Waals surface area contributed by atoms with Gasteiger partial charge in [-0.05, 0) is 38.5 Å². The molecule has 0 unspecified atom stereocenters. The average Bonchev–Trinajstić information content (AvgIpc) is 3.12. The summed E-state index contributed by atoms with van der Waals surface area (Å²) in [6.07, 6.45) is 58.5. The lowest BCUT2D eigenvalue weighted by Crippen LogP contribution is -2.05. The Morgan fingerprint density at radius 2 is 0.560 bits per heavy atom. The molecule has 0 spiro atoms. The Hall–Kier alpha value is -0.790. The van der Waals surface area contributed by atoms with Crippen molar-refractivity contribution in [3.63, 3.8) is 0 Å². The molecule has 2 nitrogen and oxygen atoms in total. The number of carbonyl (C=O) groups excluding carboxylic acids is 1. The minimum absolute atomic E-state index is 0.0189.